The summed E-state index contributed by atoms with van der Waals surface area (Å²) in [6, 6.07) is 10.8. The first-order valence-electron chi connectivity index (χ1n) is 6.59. The summed E-state index contributed by atoms with van der Waals surface area (Å²) in [5.74, 6) is 3.39. The quantitative estimate of drug-likeness (QED) is 0.933. The number of rotatable bonds is 3. The second-order valence-corrected chi connectivity index (χ2v) is 6.09. The predicted molar refractivity (Wildman–Crippen MR) is 81.8 cm³/mol. The van der Waals surface area contributed by atoms with Crippen LogP contribution in [0.3, 0.4) is 0 Å². The summed E-state index contributed by atoms with van der Waals surface area (Å²) < 4.78 is 0. The second-order valence-electron chi connectivity index (χ2n) is 4.94. The molecule has 1 N–H and O–H groups in total. The van der Waals surface area contributed by atoms with Crippen LogP contribution in [0.1, 0.15) is 12.1 Å². The number of thioether (sulfide) groups is 1. The Balaban J connectivity index is 2.09. The smallest absolute Gasteiger partial charge is 0.136 e. The predicted octanol–water partition coefficient (Wildman–Crippen LogP) is 2.67. The Labute approximate surface area is 117 Å². The normalized spacial score (nSPS) is 18.9. The monoisotopic (exact) mass is 274 g/mol. The summed E-state index contributed by atoms with van der Waals surface area (Å²) in [4.78, 5) is 6.91. The number of aromatic nitrogens is 1. The lowest BCUT2D eigenvalue weighted by Crippen LogP contribution is -2.32. The van der Waals surface area contributed by atoms with Crippen LogP contribution in [-0.2, 0) is 6.61 Å². The molecule has 19 heavy (non-hydrogen) atoms. The molecule has 0 aliphatic carbocycles. The molecule has 3 nitrogen and oxygen atoms in total. The van der Waals surface area contributed by atoms with Gasteiger partial charge in [-0.2, -0.15) is 11.8 Å². The van der Waals surface area contributed by atoms with Crippen LogP contribution in [-0.4, -0.2) is 34.7 Å². The minimum atomic E-state index is -0.00884. The molecule has 1 aliphatic heterocycles. The van der Waals surface area contributed by atoms with Crippen molar-refractivity contribution < 1.29 is 5.11 Å². The first-order chi connectivity index (χ1) is 9.29. The SMILES string of the molecule is CN(c1nc(CO)cc2ccccc12)C1CCSC1. The maximum atomic E-state index is 9.38. The lowest BCUT2D eigenvalue weighted by molar-refractivity contribution is 0.277. The van der Waals surface area contributed by atoms with Crippen molar-refractivity contribution in [1.29, 1.82) is 0 Å². The molecule has 2 aromatic rings. The van der Waals surface area contributed by atoms with Crippen LogP contribution in [0.25, 0.3) is 10.8 Å². The third-order valence-corrected chi connectivity index (χ3v) is 4.87. The summed E-state index contributed by atoms with van der Waals surface area (Å²) in [5, 5.41) is 11.7. The molecule has 4 heteroatoms. The Morgan fingerprint density at radius 2 is 2.26 bits per heavy atom. The molecular formula is C15H18N2OS. The highest BCUT2D eigenvalue weighted by Crippen LogP contribution is 2.30. The van der Waals surface area contributed by atoms with Crippen molar-refractivity contribution in [1.82, 2.24) is 4.98 Å². The van der Waals surface area contributed by atoms with Crippen molar-refractivity contribution in [3.8, 4) is 0 Å². The van der Waals surface area contributed by atoms with Crippen molar-refractivity contribution in [2.45, 2.75) is 19.1 Å². The zero-order valence-electron chi connectivity index (χ0n) is 11.0. The van der Waals surface area contributed by atoms with Crippen LogP contribution in [0.5, 0.6) is 0 Å². The molecule has 1 unspecified atom stereocenters. The fraction of sp³-hybridized carbons (Fsp3) is 0.400. The molecular weight excluding hydrogens is 256 g/mol. The largest absolute Gasteiger partial charge is 0.390 e. The highest BCUT2D eigenvalue weighted by atomic mass is 32.2. The van der Waals surface area contributed by atoms with Gasteiger partial charge in [0, 0.05) is 24.2 Å². The molecule has 1 aromatic carbocycles. The zero-order chi connectivity index (χ0) is 13.2. The van der Waals surface area contributed by atoms with Gasteiger partial charge in [0.25, 0.3) is 0 Å². The Bertz CT molecular complexity index is 581. The lowest BCUT2D eigenvalue weighted by atomic mass is 10.1. The van der Waals surface area contributed by atoms with E-state index in [1.165, 1.54) is 17.6 Å². The molecule has 0 spiro atoms. The minimum absolute atomic E-state index is 0.00884. The van der Waals surface area contributed by atoms with Crippen LogP contribution in [0.2, 0.25) is 0 Å². The van der Waals surface area contributed by atoms with Gasteiger partial charge in [0.1, 0.15) is 5.82 Å². The van der Waals surface area contributed by atoms with Crippen molar-refractivity contribution >= 4 is 28.4 Å². The molecule has 0 amide bonds. The summed E-state index contributed by atoms with van der Waals surface area (Å²) in [5.41, 5.74) is 0.742. The van der Waals surface area contributed by atoms with E-state index in [1.54, 1.807) is 0 Å². The molecule has 1 aromatic heterocycles. The van der Waals surface area contributed by atoms with E-state index < -0.39 is 0 Å². The van der Waals surface area contributed by atoms with Crippen LogP contribution in [0.4, 0.5) is 5.82 Å². The van der Waals surface area contributed by atoms with Crippen LogP contribution >= 0.6 is 11.8 Å². The summed E-state index contributed by atoms with van der Waals surface area (Å²) in [6.45, 7) is -0.00884. The van der Waals surface area contributed by atoms with Gasteiger partial charge in [-0.05, 0) is 23.6 Å². The molecule has 1 fully saturated rings. The van der Waals surface area contributed by atoms with Gasteiger partial charge in [0.05, 0.1) is 12.3 Å². The molecule has 0 bridgehead atoms. The van der Waals surface area contributed by atoms with E-state index in [0.717, 1.165) is 22.7 Å². The molecule has 1 aliphatic rings. The molecule has 3 rings (SSSR count). The van der Waals surface area contributed by atoms with E-state index >= 15 is 0 Å². The summed E-state index contributed by atoms with van der Waals surface area (Å²) >= 11 is 2.00. The maximum Gasteiger partial charge on any atom is 0.136 e. The third-order valence-electron chi connectivity index (χ3n) is 3.72. The van der Waals surface area contributed by atoms with E-state index in [-0.39, 0.29) is 6.61 Å². The van der Waals surface area contributed by atoms with E-state index in [4.69, 9.17) is 0 Å². The number of fused-ring (bicyclic) bond motifs is 1. The number of benzene rings is 1. The molecule has 1 atom stereocenters. The third kappa shape index (κ3) is 2.42. The maximum absolute atomic E-state index is 9.38. The fourth-order valence-corrected chi connectivity index (χ4v) is 3.85. The number of anilines is 1. The van der Waals surface area contributed by atoms with Gasteiger partial charge in [-0.3, -0.25) is 0 Å². The van der Waals surface area contributed by atoms with Gasteiger partial charge < -0.3 is 10.0 Å². The standard InChI is InChI=1S/C15H18N2OS/c1-17(13-6-7-19-10-13)15-14-5-3-2-4-11(14)8-12(9-18)16-15/h2-5,8,13,18H,6-7,9-10H2,1H3. The van der Waals surface area contributed by atoms with Crippen molar-refractivity contribution in [3.05, 3.63) is 36.0 Å². The average Bonchev–Trinajstić information content (AvgIpc) is 2.99. The fourth-order valence-electron chi connectivity index (χ4n) is 2.58. The van der Waals surface area contributed by atoms with Crippen molar-refractivity contribution in [2.24, 2.45) is 0 Å². The van der Waals surface area contributed by atoms with E-state index in [9.17, 15) is 5.11 Å². The van der Waals surface area contributed by atoms with Gasteiger partial charge >= 0.3 is 0 Å². The number of aliphatic hydroxyl groups is 1. The molecule has 2 heterocycles. The van der Waals surface area contributed by atoms with Gasteiger partial charge in [-0.15, -0.1) is 0 Å². The number of pyridine rings is 1. The zero-order valence-corrected chi connectivity index (χ0v) is 11.9. The number of nitrogens with zero attached hydrogens (tertiary/aromatic N) is 2. The van der Waals surface area contributed by atoms with Gasteiger partial charge in [-0.25, -0.2) is 4.98 Å². The van der Waals surface area contributed by atoms with Gasteiger partial charge in [-0.1, -0.05) is 24.3 Å². The van der Waals surface area contributed by atoms with Crippen LogP contribution < -0.4 is 4.90 Å². The minimum Gasteiger partial charge on any atom is -0.390 e. The first-order valence-corrected chi connectivity index (χ1v) is 7.75. The van der Waals surface area contributed by atoms with E-state index in [2.05, 4.69) is 29.1 Å². The number of hydrogen-bond acceptors (Lipinski definition) is 4. The van der Waals surface area contributed by atoms with Crippen molar-refractivity contribution in [2.75, 3.05) is 23.5 Å². The molecule has 100 valence electrons. The Kier molecular flexibility index (Phi) is 3.62. The number of hydrogen-bond donors (Lipinski definition) is 1. The van der Waals surface area contributed by atoms with Crippen LogP contribution in [0.15, 0.2) is 30.3 Å². The molecule has 1 saturated heterocycles. The van der Waals surface area contributed by atoms with Gasteiger partial charge in [0.2, 0.25) is 0 Å². The first kappa shape index (κ1) is 12.8. The second kappa shape index (κ2) is 5.39. The molecule has 0 radical (unpaired) electrons. The lowest BCUT2D eigenvalue weighted by Gasteiger charge is -2.26. The van der Waals surface area contributed by atoms with Crippen molar-refractivity contribution in [3.63, 3.8) is 0 Å². The molecule has 0 saturated carbocycles. The van der Waals surface area contributed by atoms with E-state index in [1.807, 2.05) is 30.0 Å². The topological polar surface area (TPSA) is 36.4 Å². The van der Waals surface area contributed by atoms with Crippen LogP contribution in [0, 0.1) is 0 Å². The van der Waals surface area contributed by atoms with E-state index in [0.29, 0.717) is 6.04 Å². The Morgan fingerprint density at radius 1 is 1.42 bits per heavy atom. The average molecular weight is 274 g/mol. The summed E-state index contributed by atoms with van der Waals surface area (Å²) in [6.07, 6.45) is 1.21. The number of aliphatic hydroxyl groups excluding tert-OH is 1. The highest BCUT2D eigenvalue weighted by molar-refractivity contribution is 7.99. The Hall–Kier alpha value is -1.26. The Morgan fingerprint density at radius 3 is 3.00 bits per heavy atom. The summed E-state index contributed by atoms with van der Waals surface area (Å²) in [7, 11) is 2.12. The van der Waals surface area contributed by atoms with Gasteiger partial charge in [0.15, 0.2) is 0 Å². The highest BCUT2D eigenvalue weighted by Gasteiger charge is 2.22.